The molecule has 3 rings (SSSR count). The molecule has 0 spiro atoms. The van der Waals surface area contributed by atoms with Crippen molar-refractivity contribution >= 4 is 0 Å². The van der Waals surface area contributed by atoms with Gasteiger partial charge in [-0.1, -0.05) is 36.8 Å². The van der Waals surface area contributed by atoms with Crippen LogP contribution in [0.25, 0.3) is 11.3 Å². The van der Waals surface area contributed by atoms with Crippen LogP contribution in [0.15, 0.2) is 40.9 Å². The van der Waals surface area contributed by atoms with Crippen molar-refractivity contribution in [3.8, 4) is 11.3 Å². The van der Waals surface area contributed by atoms with E-state index in [0.29, 0.717) is 6.04 Å². The first-order valence-electron chi connectivity index (χ1n) is 7.74. The molecule has 1 saturated heterocycles. The summed E-state index contributed by atoms with van der Waals surface area (Å²) in [6.45, 7) is 3.92. The lowest BCUT2D eigenvalue weighted by Gasteiger charge is -2.37. The van der Waals surface area contributed by atoms with Crippen molar-refractivity contribution in [1.29, 1.82) is 0 Å². The number of benzene rings is 1. The minimum atomic E-state index is 0.189. The van der Waals surface area contributed by atoms with E-state index in [0.717, 1.165) is 30.3 Å². The Morgan fingerprint density at radius 3 is 2.90 bits per heavy atom. The van der Waals surface area contributed by atoms with Gasteiger partial charge in [0.2, 0.25) is 5.89 Å². The van der Waals surface area contributed by atoms with Gasteiger partial charge in [-0.15, -0.1) is 0 Å². The molecule has 0 saturated carbocycles. The van der Waals surface area contributed by atoms with Crippen molar-refractivity contribution in [1.82, 2.24) is 9.88 Å². The smallest absolute Gasteiger partial charge is 0.209 e. The van der Waals surface area contributed by atoms with Gasteiger partial charge >= 0.3 is 0 Å². The van der Waals surface area contributed by atoms with Crippen LogP contribution in [0.5, 0.6) is 0 Å². The SMILES string of the molecule is CC(N)C1CCCCN1Cc1ncc(-c2ccccc2)o1. The van der Waals surface area contributed by atoms with E-state index in [1.165, 1.54) is 19.3 Å². The second-order valence-corrected chi connectivity index (χ2v) is 5.88. The van der Waals surface area contributed by atoms with Crippen molar-refractivity contribution in [2.45, 2.75) is 44.8 Å². The van der Waals surface area contributed by atoms with Gasteiger partial charge in [-0.25, -0.2) is 4.98 Å². The maximum absolute atomic E-state index is 6.11. The van der Waals surface area contributed by atoms with E-state index in [1.54, 1.807) is 0 Å². The van der Waals surface area contributed by atoms with Gasteiger partial charge in [0.15, 0.2) is 5.76 Å². The molecular formula is C17H23N3O. The molecule has 1 aromatic carbocycles. The van der Waals surface area contributed by atoms with E-state index < -0.39 is 0 Å². The van der Waals surface area contributed by atoms with Gasteiger partial charge in [-0.2, -0.15) is 0 Å². The highest BCUT2D eigenvalue weighted by Gasteiger charge is 2.26. The van der Waals surface area contributed by atoms with E-state index in [4.69, 9.17) is 10.2 Å². The summed E-state index contributed by atoms with van der Waals surface area (Å²) in [6, 6.07) is 10.7. The maximum atomic E-state index is 6.11. The molecule has 0 amide bonds. The molecule has 4 nitrogen and oxygen atoms in total. The van der Waals surface area contributed by atoms with E-state index in [1.807, 2.05) is 36.5 Å². The molecule has 2 heterocycles. The van der Waals surface area contributed by atoms with Crippen LogP contribution in [0.3, 0.4) is 0 Å². The van der Waals surface area contributed by atoms with Gasteiger partial charge in [0.25, 0.3) is 0 Å². The third kappa shape index (κ3) is 3.34. The van der Waals surface area contributed by atoms with Gasteiger partial charge in [-0.3, -0.25) is 4.90 Å². The predicted molar refractivity (Wildman–Crippen MR) is 83.6 cm³/mol. The molecule has 2 atom stereocenters. The highest BCUT2D eigenvalue weighted by atomic mass is 16.4. The highest BCUT2D eigenvalue weighted by Crippen LogP contribution is 2.24. The molecule has 1 aromatic heterocycles. The number of hydrogen-bond acceptors (Lipinski definition) is 4. The average molecular weight is 285 g/mol. The van der Waals surface area contributed by atoms with E-state index >= 15 is 0 Å². The fourth-order valence-corrected chi connectivity index (χ4v) is 3.10. The summed E-state index contributed by atoms with van der Waals surface area (Å²) in [5, 5.41) is 0. The Labute approximate surface area is 126 Å². The molecule has 1 aliphatic rings. The summed E-state index contributed by atoms with van der Waals surface area (Å²) < 4.78 is 5.91. The predicted octanol–water partition coefficient (Wildman–Crippen LogP) is 3.04. The lowest BCUT2D eigenvalue weighted by molar-refractivity contribution is 0.112. The molecule has 2 unspecified atom stereocenters. The molecular weight excluding hydrogens is 262 g/mol. The van der Waals surface area contributed by atoms with Crippen molar-refractivity contribution in [3.63, 3.8) is 0 Å². The third-order valence-corrected chi connectivity index (χ3v) is 4.22. The molecule has 0 aliphatic carbocycles. The summed E-state index contributed by atoms with van der Waals surface area (Å²) in [4.78, 5) is 6.84. The number of likely N-dealkylation sites (tertiary alicyclic amines) is 1. The van der Waals surface area contributed by atoms with Crippen molar-refractivity contribution in [3.05, 3.63) is 42.4 Å². The standard InChI is InChI=1S/C17H23N3O/c1-13(18)15-9-5-6-10-20(15)12-17-19-11-16(21-17)14-7-3-2-4-8-14/h2-4,7-8,11,13,15H,5-6,9-10,12,18H2,1H3. The Morgan fingerprint density at radius 2 is 2.14 bits per heavy atom. The number of nitrogens with zero attached hydrogens (tertiary/aromatic N) is 2. The van der Waals surface area contributed by atoms with Crippen LogP contribution in [0, 0.1) is 0 Å². The number of rotatable bonds is 4. The van der Waals surface area contributed by atoms with Gasteiger partial charge in [0.05, 0.1) is 12.7 Å². The zero-order chi connectivity index (χ0) is 14.7. The van der Waals surface area contributed by atoms with E-state index in [9.17, 15) is 0 Å². The minimum absolute atomic E-state index is 0.189. The Bertz CT molecular complexity index is 564. The van der Waals surface area contributed by atoms with Crippen LogP contribution in [0.4, 0.5) is 0 Å². The number of nitrogens with two attached hydrogens (primary N) is 1. The van der Waals surface area contributed by atoms with Crippen molar-refractivity contribution in [2.24, 2.45) is 5.73 Å². The lowest BCUT2D eigenvalue weighted by Crippen LogP contribution is -2.48. The summed E-state index contributed by atoms with van der Waals surface area (Å²) in [7, 11) is 0. The monoisotopic (exact) mass is 285 g/mol. The van der Waals surface area contributed by atoms with Gasteiger partial charge in [-0.05, 0) is 26.3 Å². The first kappa shape index (κ1) is 14.3. The Morgan fingerprint density at radius 1 is 1.33 bits per heavy atom. The topological polar surface area (TPSA) is 55.3 Å². The Kier molecular flexibility index (Phi) is 4.36. The summed E-state index contributed by atoms with van der Waals surface area (Å²) in [5.74, 6) is 1.61. The maximum Gasteiger partial charge on any atom is 0.209 e. The fourth-order valence-electron chi connectivity index (χ4n) is 3.10. The zero-order valence-electron chi connectivity index (χ0n) is 12.5. The van der Waals surface area contributed by atoms with E-state index in [-0.39, 0.29) is 6.04 Å². The number of hydrogen-bond donors (Lipinski definition) is 1. The van der Waals surface area contributed by atoms with Crippen LogP contribution in [-0.2, 0) is 6.54 Å². The molecule has 2 N–H and O–H groups in total. The van der Waals surface area contributed by atoms with Crippen molar-refractivity contribution < 1.29 is 4.42 Å². The number of oxazole rings is 1. The van der Waals surface area contributed by atoms with Crippen molar-refractivity contribution in [2.75, 3.05) is 6.54 Å². The van der Waals surface area contributed by atoms with Crippen LogP contribution in [0.1, 0.15) is 32.1 Å². The lowest BCUT2D eigenvalue weighted by atomic mass is 9.97. The highest BCUT2D eigenvalue weighted by molar-refractivity contribution is 5.55. The molecule has 0 bridgehead atoms. The molecule has 112 valence electrons. The average Bonchev–Trinajstić information content (AvgIpc) is 2.97. The second-order valence-electron chi connectivity index (χ2n) is 5.88. The van der Waals surface area contributed by atoms with Gasteiger partial charge < -0.3 is 10.2 Å². The quantitative estimate of drug-likeness (QED) is 0.938. The van der Waals surface area contributed by atoms with E-state index in [2.05, 4.69) is 16.8 Å². The van der Waals surface area contributed by atoms with Gasteiger partial charge in [0, 0.05) is 17.6 Å². The molecule has 2 aromatic rings. The first-order chi connectivity index (χ1) is 10.2. The summed E-state index contributed by atoms with van der Waals surface area (Å²) >= 11 is 0. The second kappa shape index (κ2) is 6.41. The Balaban J connectivity index is 1.72. The molecule has 21 heavy (non-hydrogen) atoms. The summed E-state index contributed by atoms with van der Waals surface area (Å²) in [5.41, 5.74) is 7.18. The van der Waals surface area contributed by atoms with Crippen LogP contribution in [0.2, 0.25) is 0 Å². The molecule has 1 fully saturated rings. The number of aromatic nitrogens is 1. The fraction of sp³-hybridized carbons (Fsp3) is 0.471. The largest absolute Gasteiger partial charge is 0.439 e. The first-order valence-corrected chi connectivity index (χ1v) is 7.74. The molecule has 4 heteroatoms. The van der Waals surface area contributed by atoms with Crippen LogP contribution < -0.4 is 5.73 Å². The molecule has 1 aliphatic heterocycles. The van der Waals surface area contributed by atoms with Crippen LogP contribution >= 0.6 is 0 Å². The van der Waals surface area contributed by atoms with Gasteiger partial charge in [0.1, 0.15) is 0 Å². The van der Waals surface area contributed by atoms with Crippen LogP contribution in [-0.4, -0.2) is 28.5 Å². The molecule has 0 radical (unpaired) electrons. The number of piperidine rings is 1. The third-order valence-electron chi connectivity index (χ3n) is 4.22. The summed E-state index contributed by atoms with van der Waals surface area (Å²) in [6.07, 6.45) is 5.48. The normalized spacial score (nSPS) is 21.3. The minimum Gasteiger partial charge on any atom is -0.439 e. The Hall–Kier alpha value is -1.65. The zero-order valence-corrected chi connectivity index (χ0v) is 12.5.